The average molecular weight is 482 g/mol. The molecule has 7 nitrogen and oxygen atoms in total. The van der Waals surface area contributed by atoms with Crippen LogP contribution in [0.5, 0.6) is 17.2 Å². The molecule has 3 aromatic rings. The van der Waals surface area contributed by atoms with Crippen LogP contribution in [0.2, 0.25) is 0 Å². The van der Waals surface area contributed by atoms with Crippen molar-refractivity contribution in [3.05, 3.63) is 83.9 Å². The van der Waals surface area contributed by atoms with E-state index in [2.05, 4.69) is 14.4 Å². The van der Waals surface area contributed by atoms with Gasteiger partial charge in [0.25, 0.3) is 0 Å². The summed E-state index contributed by atoms with van der Waals surface area (Å²) in [6.45, 7) is 2.63. The van der Waals surface area contributed by atoms with Crippen LogP contribution in [-0.4, -0.2) is 43.8 Å². The lowest BCUT2D eigenvalue weighted by molar-refractivity contribution is 0.273. The van der Waals surface area contributed by atoms with E-state index in [0.717, 1.165) is 53.6 Å². The van der Waals surface area contributed by atoms with Gasteiger partial charge in [0.15, 0.2) is 0 Å². The molecule has 1 saturated heterocycles. The Bertz CT molecular complexity index is 1040. The first-order valence-electron chi connectivity index (χ1n) is 11.3. The highest BCUT2D eigenvalue weighted by atomic mass is 31.2. The maximum atomic E-state index is 14.7. The molecule has 0 radical (unpaired) electrons. The molecule has 1 N–H and O–H groups in total. The monoisotopic (exact) mass is 481 g/mol. The molecule has 1 heterocycles. The Morgan fingerprint density at radius 1 is 0.676 bits per heavy atom. The zero-order chi connectivity index (χ0) is 24.0. The predicted octanol–water partition coefficient (Wildman–Crippen LogP) is 5.64. The average Bonchev–Trinajstić information content (AvgIpc) is 2.88. The molecular weight excluding hydrogens is 449 g/mol. The van der Waals surface area contributed by atoms with Crippen molar-refractivity contribution >= 4 is 13.3 Å². The zero-order valence-electron chi connectivity index (χ0n) is 19.9. The number of anilines is 1. The Kier molecular flexibility index (Phi) is 7.78. The summed E-state index contributed by atoms with van der Waals surface area (Å²) >= 11 is 0. The van der Waals surface area contributed by atoms with Crippen LogP contribution in [0.4, 0.5) is 5.69 Å². The topological polar surface area (TPSA) is 63.3 Å². The summed E-state index contributed by atoms with van der Waals surface area (Å²) in [5.74, 6) is 2.38. The first-order chi connectivity index (χ1) is 16.5. The lowest BCUT2D eigenvalue weighted by Crippen LogP contribution is -2.41. The fourth-order valence-corrected chi connectivity index (χ4v) is 6.76. The number of hydrogen-bond acceptors (Lipinski definition) is 4. The molecule has 0 amide bonds. The molecule has 1 aliphatic heterocycles. The molecule has 0 spiro atoms. The van der Waals surface area contributed by atoms with E-state index in [1.54, 1.807) is 21.3 Å². The fourth-order valence-electron chi connectivity index (χ4n) is 4.09. The molecule has 180 valence electrons. The Labute approximate surface area is 201 Å². The molecule has 0 unspecified atom stereocenters. The minimum atomic E-state index is -3.13. The molecule has 0 aliphatic carbocycles. The second kappa shape index (κ2) is 11.0. The summed E-state index contributed by atoms with van der Waals surface area (Å²) in [6.07, 6.45) is 0.931. The van der Waals surface area contributed by atoms with E-state index >= 15 is 0 Å². The van der Waals surface area contributed by atoms with E-state index in [1.165, 1.54) is 0 Å². The van der Waals surface area contributed by atoms with Crippen LogP contribution in [-0.2, 0) is 17.7 Å². The van der Waals surface area contributed by atoms with Gasteiger partial charge in [0.05, 0.1) is 21.3 Å². The first kappa shape index (κ1) is 24.1. The van der Waals surface area contributed by atoms with Gasteiger partial charge in [0, 0.05) is 31.9 Å². The van der Waals surface area contributed by atoms with Crippen molar-refractivity contribution in [3.63, 3.8) is 0 Å². The predicted molar refractivity (Wildman–Crippen MR) is 136 cm³/mol. The van der Waals surface area contributed by atoms with Crippen molar-refractivity contribution in [2.24, 2.45) is 0 Å². The largest absolute Gasteiger partial charge is 0.497 e. The van der Waals surface area contributed by atoms with E-state index in [9.17, 15) is 4.57 Å². The Morgan fingerprint density at radius 3 is 1.44 bits per heavy atom. The van der Waals surface area contributed by atoms with E-state index in [1.807, 2.05) is 72.8 Å². The number of methoxy groups -OCH3 is 3. The number of hydrogen-bond donors (Lipinski definition) is 1. The summed E-state index contributed by atoms with van der Waals surface area (Å²) in [4.78, 5) is 0. The van der Waals surface area contributed by atoms with Gasteiger partial charge in [-0.05, 0) is 66.1 Å². The molecule has 1 fully saturated rings. The van der Waals surface area contributed by atoms with Gasteiger partial charge < -0.3 is 19.3 Å². The summed E-state index contributed by atoms with van der Waals surface area (Å²) in [5, 5.41) is 3.40. The number of nitrogens with zero attached hydrogens (tertiary/aromatic N) is 2. The minimum absolute atomic E-state index is 0.573. The van der Waals surface area contributed by atoms with Crippen LogP contribution in [0.3, 0.4) is 0 Å². The van der Waals surface area contributed by atoms with Gasteiger partial charge in [-0.15, -0.1) is 0 Å². The zero-order valence-corrected chi connectivity index (χ0v) is 20.8. The lowest BCUT2D eigenvalue weighted by Gasteiger charge is -2.43. The van der Waals surface area contributed by atoms with Crippen LogP contribution >= 0.6 is 7.59 Å². The van der Waals surface area contributed by atoms with Crippen molar-refractivity contribution in [3.8, 4) is 17.2 Å². The van der Waals surface area contributed by atoms with Gasteiger partial charge in [-0.2, -0.15) is 0 Å². The van der Waals surface area contributed by atoms with Gasteiger partial charge in [0.1, 0.15) is 17.2 Å². The van der Waals surface area contributed by atoms with Gasteiger partial charge in [-0.3, -0.25) is 4.57 Å². The van der Waals surface area contributed by atoms with Crippen molar-refractivity contribution in [2.75, 3.05) is 39.5 Å². The van der Waals surface area contributed by atoms with Crippen LogP contribution < -0.4 is 19.3 Å². The molecule has 34 heavy (non-hydrogen) atoms. The maximum absolute atomic E-state index is 14.7. The fraction of sp³-hybridized carbons (Fsp3) is 0.308. The van der Waals surface area contributed by atoms with Crippen molar-refractivity contribution < 1.29 is 18.8 Å². The van der Waals surface area contributed by atoms with Crippen LogP contribution in [0.1, 0.15) is 17.5 Å². The third-order valence-electron chi connectivity index (χ3n) is 6.01. The number of nitrogens with one attached hydrogen (secondary N) is 1. The highest BCUT2D eigenvalue weighted by molar-refractivity contribution is 7.60. The van der Waals surface area contributed by atoms with Crippen molar-refractivity contribution in [2.45, 2.75) is 19.5 Å². The lowest BCUT2D eigenvalue weighted by atomic mass is 10.2. The van der Waals surface area contributed by atoms with Gasteiger partial charge in [-0.25, -0.2) is 9.34 Å². The molecule has 8 heteroatoms. The van der Waals surface area contributed by atoms with Crippen LogP contribution in [0.15, 0.2) is 72.8 Å². The molecular formula is C26H32N3O4P. The SMILES string of the molecule is COc1ccc(CN2CCCN(Cc3ccc(OC)cc3)P2(=O)Nc2ccc(OC)cc2)cc1. The summed E-state index contributed by atoms with van der Waals surface area (Å²) in [6, 6.07) is 23.4. The van der Waals surface area contributed by atoms with Gasteiger partial charge >= 0.3 is 7.59 Å². The van der Waals surface area contributed by atoms with Crippen molar-refractivity contribution in [1.82, 2.24) is 9.34 Å². The van der Waals surface area contributed by atoms with Crippen molar-refractivity contribution in [1.29, 1.82) is 0 Å². The van der Waals surface area contributed by atoms with E-state index in [4.69, 9.17) is 14.2 Å². The maximum Gasteiger partial charge on any atom is 0.309 e. The molecule has 1 aliphatic rings. The molecule has 0 bridgehead atoms. The van der Waals surface area contributed by atoms with E-state index < -0.39 is 7.59 Å². The van der Waals surface area contributed by atoms with E-state index in [0.29, 0.717) is 13.1 Å². The highest BCUT2D eigenvalue weighted by Gasteiger charge is 2.40. The standard InChI is InChI=1S/C26H32N3O4P/c1-31-24-11-5-21(6-12-24)19-28-17-4-18-29(20-22-7-13-25(32-2)14-8-22)34(28,30)27-23-9-15-26(33-3)16-10-23/h5-16H,4,17-20H2,1-3H3,(H,27,30). The summed E-state index contributed by atoms with van der Waals surface area (Å²) in [5.41, 5.74) is 2.97. The second-order valence-electron chi connectivity index (χ2n) is 8.21. The Balaban J connectivity index is 1.62. The second-order valence-corrected chi connectivity index (χ2v) is 10.7. The Hall–Kier alpha value is -2.99. The molecule has 4 rings (SSSR count). The molecule has 0 aromatic heterocycles. The Morgan fingerprint density at radius 2 is 1.06 bits per heavy atom. The smallest absolute Gasteiger partial charge is 0.309 e. The summed E-state index contributed by atoms with van der Waals surface area (Å²) < 4.78 is 34.7. The first-order valence-corrected chi connectivity index (χ1v) is 12.9. The third kappa shape index (κ3) is 5.55. The molecule has 0 saturated carbocycles. The quantitative estimate of drug-likeness (QED) is 0.397. The third-order valence-corrected chi connectivity index (χ3v) is 8.78. The number of benzene rings is 3. The minimum Gasteiger partial charge on any atom is -0.497 e. The van der Waals surface area contributed by atoms with Gasteiger partial charge in [0.2, 0.25) is 0 Å². The number of ether oxygens (including phenoxy) is 3. The summed E-state index contributed by atoms with van der Waals surface area (Å²) in [7, 11) is 1.82. The molecule has 3 aromatic carbocycles. The highest BCUT2D eigenvalue weighted by Crippen LogP contribution is 2.56. The molecule has 0 atom stereocenters. The normalized spacial score (nSPS) is 16.1. The van der Waals surface area contributed by atoms with Crippen LogP contribution in [0.25, 0.3) is 0 Å². The van der Waals surface area contributed by atoms with Gasteiger partial charge in [-0.1, -0.05) is 24.3 Å². The van der Waals surface area contributed by atoms with Crippen LogP contribution in [0, 0.1) is 0 Å². The number of rotatable bonds is 9. The van der Waals surface area contributed by atoms with E-state index in [-0.39, 0.29) is 0 Å².